The number of sulfone groups is 1. The molecule has 0 spiro atoms. The van der Waals surface area contributed by atoms with E-state index in [1.54, 1.807) is 26.1 Å². The van der Waals surface area contributed by atoms with Crippen molar-refractivity contribution in [2.24, 2.45) is 0 Å². The van der Waals surface area contributed by atoms with Gasteiger partial charge in [-0.2, -0.15) is 0 Å². The third-order valence-corrected chi connectivity index (χ3v) is 4.96. The summed E-state index contributed by atoms with van der Waals surface area (Å²) in [4.78, 5) is 13.5. The van der Waals surface area contributed by atoms with Gasteiger partial charge < -0.3 is 10.6 Å². The Morgan fingerprint density at radius 1 is 1.42 bits per heavy atom. The van der Waals surface area contributed by atoms with Gasteiger partial charge in [-0.1, -0.05) is 6.07 Å². The maximum Gasteiger partial charge on any atom is 0.238 e. The SMILES string of the molecule is Cc1ccc(N)c(S(=O)(=O)CC(=O)N(C)C2CC2)c1. The first-order valence-electron chi connectivity index (χ1n) is 6.16. The Morgan fingerprint density at radius 3 is 2.63 bits per heavy atom. The number of rotatable bonds is 4. The third kappa shape index (κ3) is 3.07. The summed E-state index contributed by atoms with van der Waals surface area (Å²) in [6.45, 7) is 1.79. The topological polar surface area (TPSA) is 80.5 Å². The molecule has 19 heavy (non-hydrogen) atoms. The van der Waals surface area contributed by atoms with Crippen molar-refractivity contribution in [3.8, 4) is 0 Å². The molecule has 5 nitrogen and oxygen atoms in total. The van der Waals surface area contributed by atoms with Crippen molar-refractivity contribution in [2.75, 3.05) is 18.5 Å². The molecule has 0 aliphatic heterocycles. The van der Waals surface area contributed by atoms with Crippen molar-refractivity contribution < 1.29 is 13.2 Å². The Balaban J connectivity index is 2.22. The van der Waals surface area contributed by atoms with Gasteiger partial charge in [0.05, 0.1) is 10.6 Å². The summed E-state index contributed by atoms with van der Waals surface area (Å²) in [7, 11) is -2.03. The lowest BCUT2D eigenvalue weighted by atomic mass is 10.2. The summed E-state index contributed by atoms with van der Waals surface area (Å²) < 4.78 is 24.5. The standard InChI is InChI=1S/C13H18N2O3S/c1-9-3-6-11(14)12(7-9)19(17,18)8-13(16)15(2)10-4-5-10/h3,6-7,10H,4-5,8,14H2,1-2H3. The van der Waals surface area contributed by atoms with Gasteiger partial charge in [0, 0.05) is 13.1 Å². The quantitative estimate of drug-likeness (QED) is 0.834. The number of nitrogen functional groups attached to an aromatic ring is 1. The highest BCUT2D eigenvalue weighted by molar-refractivity contribution is 7.92. The number of nitrogens with zero attached hydrogens (tertiary/aromatic N) is 1. The van der Waals surface area contributed by atoms with Crippen LogP contribution >= 0.6 is 0 Å². The summed E-state index contributed by atoms with van der Waals surface area (Å²) in [5.74, 6) is -0.892. The number of hydrogen-bond donors (Lipinski definition) is 1. The van der Waals surface area contributed by atoms with Crippen LogP contribution in [0.15, 0.2) is 23.1 Å². The molecule has 0 saturated heterocycles. The second-order valence-corrected chi connectivity index (χ2v) is 6.99. The van der Waals surface area contributed by atoms with Gasteiger partial charge in [0.1, 0.15) is 5.75 Å². The summed E-state index contributed by atoms with van der Waals surface area (Å²) in [5.41, 5.74) is 6.68. The lowest BCUT2D eigenvalue weighted by molar-refractivity contribution is -0.127. The van der Waals surface area contributed by atoms with Crippen LogP contribution in [0.3, 0.4) is 0 Å². The zero-order chi connectivity index (χ0) is 14.2. The lowest BCUT2D eigenvalue weighted by Crippen LogP contribution is -2.34. The van der Waals surface area contributed by atoms with Crippen LogP contribution in [0.5, 0.6) is 0 Å². The second kappa shape index (κ2) is 4.85. The van der Waals surface area contributed by atoms with Crippen LogP contribution in [-0.2, 0) is 14.6 Å². The Kier molecular flexibility index (Phi) is 3.54. The van der Waals surface area contributed by atoms with Gasteiger partial charge in [-0.05, 0) is 37.5 Å². The Bertz CT molecular complexity index is 606. The molecule has 6 heteroatoms. The molecule has 0 atom stereocenters. The zero-order valence-electron chi connectivity index (χ0n) is 11.1. The second-order valence-electron chi connectivity index (χ2n) is 5.04. The van der Waals surface area contributed by atoms with E-state index in [1.165, 1.54) is 11.0 Å². The number of benzene rings is 1. The van der Waals surface area contributed by atoms with E-state index in [2.05, 4.69) is 0 Å². The molecule has 104 valence electrons. The number of anilines is 1. The average molecular weight is 282 g/mol. The van der Waals surface area contributed by atoms with E-state index in [4.69, 9.17) is 5.73 Å². The summed E-state index contributed by atoms with van der Waals surface area (Å²) in [6, 6.07) is 5.01. The maximum absolute atomic E-state index is 12.2. The fourth-order valence-electron chi connectivity index (χ4n) is 1.92. The van der Waals surface area contributed by atoms with E-state index in [1.807, 2.05) is 0 Å². The van der Waals surface area contributed by atoms with Crippen molar-refractivity contribution >= 4 is 21.4 Å². The van der Waals surface area contributed by atoms with Crippen LogP contribution in [0.1, 0.15) is 18.4 Å². The summed E-state index contributed by atoms with van der Waals surface area (Å²) >= 11 is 0. The molecule has 1 amide bonds. The Hall–Kier alpha value is -1.56. The highest BCUT2D eigenvalue weighted by Crippen LogP contribution is 2.26. The third-order valence-electron chi connectivity index (χ3n) is 3.31. The van der Waals surface area contributed by atoms with Gasteiger partial charge in [-0.3, -0.25) is 4.79 Å². The molecule has 0 unspecified atom stereocenters. The van der Waals surface area contributed by atoms with Gasteiger partial charge in [-0.15, -0.1) is 0 Å². The molecule has 0 bridgehead atoms. The van der Waals surface area contributed by atoms with Crippen LogP contribution in [0, 0.1) is 6.92 Å². The summed E-state index contributed by atoms with van der Waals surface area (Å²) in [6.07, 6.45) is 1.91. The Labute approximate surface area is 113 Å². The van der Waals surface area contributed by atoms with E-state index in [9.17, 15) is 13.2 Å². The van der Waals surface area contributed by atoms with Crippen molar-refractivity contribution in [1.82, 2.24) is 4.90 Å². The number of amides is 1. The molecule has 2 N–H and O–H groups in total. The molecule has 0 radical (unpaired) electrons. The predicted molar refractivity (Wildman–Crippen MR) is 73.4 cm³/mol. The van der Waals surface area contributed by atoms with Crippen molar-refractivity contribution in [3.63, 3.8) is 0 Å². The smallest absolute Gasteiger partial charge is 0.238 e. The molecule has 0 aromatic heterocycles. The van der Waals surface area contributed by atoms with E-state index >= 15 is 0 Å². The fourth-order valence-corrected chi connectivity index (χ4v) is 3.40. The molecule has 1 fully saturated rings. The molecule has 1 aromatic carbocycles. The summed E-state index contributed by atoms with van der Waals surface area (Å²) in [5, 5.41) is 0. The van der Waals surface area contributed by atoms with Gasteiger partial charge >= 0.3 is 0 Å². The predicted octanol–water partition coefficient (Wildman–Crippen LogP) is 0.972. The van der Waals surface area contributed by atoms with E-state index in [0.29, 0.717) is 0 Å². The molecular weight excluding hydrogens is 264 g/mol. The molecule has 1 saturated carbocycles. The number of nitrogens with two attached hydrogens (primary N) is 1. The molecule has 1 aromatic rings. The minimum Gasteiger partial charge on any atom is -0.398 e. The number of carbonyl (C=O) groups excluding carboxylic acids is 1. The largest absolute Gasteiger partial charge is 0.398 e. The van der Waals surface area contributed by atoms with E-state index < -0.39 is 15.6 Å². The molecule has 1 aliphatic rings. The molecule has 0 heterocycles. The van der Waals surface area contributed by atoms with Gasteiger partial charge in [0.25, 0.3) is 0 Å². The normalized spacial score (nSPS) is 15.3. The minimum absolute atomic E-state index is 0.0463. The van der Waals surface area contributed by atoms with Crippen molar-refractivity contribution in [1.29, 1.82) is 0 Å². The first-order chi connectivity index (χ1) is 8.81. The fraction of sp³-hybridized carbons (Fsp3) is 0.462. The van der Waals surface area contributed by atoms with E-state index in [-0.39, 0.29) is 22.5 Å². The van der Waals surface area contributed by atoms with E-state index in [0.717, 1.165) is 18.4 Å². The van der Waals surface area contributed by atoms with Crippen LogP contribution < -0.4 is 5.73 Å². The maximum atomic E-state index is 12.2. The van der Waals surface area contributed by atoms with Crippen LogP contribution in [0.25, 0.3) is 0 Å². The first-order valence-corrected chi connectivity index (χ1v) is 7.81. The number of aryl methyl sites for hydroxylation is 1. The average Bonchev–Trinajstić information content (AvgIpc) is 3.14. The monoisotopic (exact) mass is 282 g/mol. The van der Waals surface area contributed by atoms with Gasteiger partial charge in [-0.25, -0.2) is 8.42 Å². The lowest BCUT2D eigenvalue weighted by Gasteiger charge is -2.16. The minimum atomic E-state index is -3.68. The molecule has 2 rings (SSSR count). The zero-order valence-corrected chi connectivity index (χ0v) is 11.9. The molecular formula is C13H18N2O3S. The molecule has 1 aliphatic carbocycles. The van der Waals surface area contributed by atoms with Crippen molar-refractivity contribution in [3.05, 3.63) is 23.8 Å². The number of hydrogen-bond acceptors (Lipinski definition) is 4. The van der Waals surface area contributed by atoms with Crippen molar-refractivity contribution in [2.45, 2.75) is 30.7 Å². The van der Waals surface area contributed by atoms with Crippen LogP contribution in [-0.4, -0.2) is 38.1 Å². The van der Waals surface area contributed by atoms with Gasteiger partial charge in [0.15, 0.2) is 9.84 Å². The highest BCUT2D eigenvalue weighted by atomic mass is 32.2. The highest BCUT2D eigenvalue weighted by Gasteiger charge is 2.32. The van der Waals surface area contributed by atoms with Crippen LogP contribution in [0.2, 0.25) is 0 Å². The Morgan fingerprint density at radius 2 is 2.05 bits per heavy atom. The first kappa shape index (κ1) is 13.9. The van der Waals surface area contributed by atoms with Gasteiger partial charge in [0.2, 0.25) is 5.91 Å². The number of carbonyl (C=O) groups is 1. The van der Waals surface area contributed by atoms with Crippen LogP contribution in [0.4, 0.5) is 5.69 Å².